The zero-order chi connectivity index (χ0) is 19.0. The molecular weight excluding hydrogens is 342 g/mol. The van der Waals surface area contributed by atoms with Crippen molar-refractivity contribution in [1.29, 1.82) is 0 Å². The Balaban J connectivity index is 1.57. The molecule has 2 amide bonds. The van der Waals surface area contributed by atoms with Crippen LogP contribution < -0.4 is 0 Å². The maximum atomic E-state index is 12.9. The molecule has 2 aliphatic rings. The summed E-state index contributed by atoms with van der Waals surface area (Å²) in [6.45, 7) is 3.41. The van der Waals surface area contributed by atoms with Crippen molar-refractivity contribution in [2.24, 2.45) is 11.8 Å². The number of hydrogen-bond acceptors (Lipinski definition) is 4. The van der Waals surface area contributed by atoms with Gasteiger partial charge in [0, 0.05) is 44.6 Å². The number of amides is 2. The normalized spacial score (nSPS) is 24.1. The minimum absolute atomic E-state index is 0.00300. The van der Waals surface area contributed by atoms with Gasteiger partial charge in [-0.1, -0.05) is 30.3 Å². The third kappa shape index (κ3) is 3.21. The number of fused-ring (bicyclic) bond motifs is 1. The number of nitrogens with zero attached hydrogens (tertiary/aromatic N) is 3. The molecule has 3 atom stereocenters. The van der Waals surface area contributed by atoms with Gasteiger partial charge in [0.2, 0.25) is 5.91 Å². The van der Waals surface area contributed by atoms with Crippen LogP contribution in [0, 0.1) is 11.8 Å². The first kappa shape index (κ1) is 17.7. The highest BCUT2D eigenvalue weighted by molar-refractivity contribution is 5.92. The second-order valence-corrected chi connectivity index (χ2v) is 7.37. The van der Waals surface area contributed by atoms with Crippen LogP contribution >= 0.6 is 0 Å². The summed E-state index contributed by atoms with van der Waals surface area (Å²) in [6.07, 6.45) is 1.56. The van der Waals surface area contributed by atoms with Gasteiger partial charge >= 0.3 is 0 Å². The van der Waals surface area contributed by atoms with E-state index in [1.54, 1.807) is 25.3 Å². The van der Waals surface area contributed by atoms with E-state index < -0.39 is 0 Å². The SMILES string of the molecule is CC(=O)N1C[C@H]2CN(C(=O)c3cc(CO)ccn3)C[C@H]2[C@@H]1c1ccccc1. The minimum atomic E-state index is -0.113. The molecule has 27 heavy (non-hydrogen) atoms. The van der Waals surface area contributed by atoms with Crippen molar-refractivity contribution in [2.75, 3.05) is 19.6 Å². The van der Waals surface area contributed by atoms with Crippen molar-refractivity contribution in [3.05, 3.63) is 65.5 Å². The number of aliphatic hydroxyl groups excluding tert-OH is 1. The van der Waals surface area contributed by atoms with Crippen molar-refractivity contribution in [3.63, 3.8) is 0 Å². The lowest BCUT2D eigenvalue weighted by molar-refractivity contribution is -0.130. The van der Waals surface area contributed by atoms with E-state index >= 15 is 0 Å². The van der Waals surface area contributed by atoms with E-state index in [-0.39, 0.29) is 36.3 Å². The highest BCUT2D eigenvalue weighted by atomic mass is 16.3. The Hall–Kier alpha value is -2.73. The first-order valence-electron chi connectivity index (χ1n) is 9.25. The fourth-order valence-corrected chi connectivity index (χ4v) is 4.46. The summed E-state index contributed by atoms with van der Waals surface area (Å²) < 4.78 is 0. The molecule has 0 unspecified atom stereocenters. The molecule has 2 aliphatic heterocycles. The summed E-state index contributed by atoms with van der Waals surface area (Å²) in [6, 6.07) is 13.4. The van der Waals surface area contributed by atoms with Crippen LogP contribution in [0.3, 0.4) is 0 Å². The molecule has 1 aromatic heterocycles. The van der Waals surface area contributed by atoms with Crippen LogP contribution in [-0.2, 0) is 11.4 Å². The monoisotopic (exact) mass is 365 g/mol. The molecule has 2 saturated heterocycles. The van der Waals surface area contributed by atoms with Gasteiger partial charge in [-0.25, -0.2) is 0 Å². The first-order valence-corrected chi connectivity index (χ1v) is 9.25. The average Bonchev–Trinajstić information content (AvgIpc) is 3.26. The van der Waals surface area contributed by atoms with E-state index in [1.807, 2.05) is 28.0 Å². The molecule has 3 heterocycles. The first-order chi connectivity index (χ1) is 13.1. The molecule has 140 valence electrons. The Morgan fingerprint density at radius 1 is 1.15 bits per heavy atom. The Kier molecular flexibility index (Phi) is 4.66. The van der Waals surface area contributed by atoms with Crippen LogP contribution in [-0.4, -0.2) is 51.3 Å². The van der Waals surface area contributed by atoms with Gasteiger partial charge < -0.3 is 14.9 Å². The predicted molar refractivity (Wildman–Crippen MR) is 99.6 cm³/mol. The summed E-state index contributed by atoms with van der Waals surface area (Å²) in [5.74, 6) is 0.458. The van der Waals surface area contributed by atoms with E-state index in [2.05, 4.69) is 17.1 Å². The maximum Gasteiger partial charge on any atom is 0.272 e. The number of rotatable bonds is 3. The summed E-state index contributed by atoms with van der Waals surface area (Å²) in [7, 11) is 0. The molecule has 0 bridgehead atoms. The number of pyridine rings is 1. The van der Waals surface area contributed by atoms with Gasteiger partial charge in [0.05, 0.1) is 12.6 Å². The summed E-state index contributed by atoms with van der Waals surface area (Å²) >= 11 is 0. The molecule has 1 aromatic carbocycles. The topological polar surface area (TPSA) is 73.7 Å². The number of carbonyl (C=O) groups is 2. The van der Waals surface area contributed by atoms with Crippen molar-refractivity contribution in [1.82, 2.24) is 14.8 Å². The number of benzene rings is 1. The largest absolute Gasteiger partial charge is 0.392 e. The van der Waals surface area contributed by atoms with E-state index in [0.29, 0.717) is 30.9 Å². The molecule has 2 aromatic rings. The Morgan fingerprint density at radius 3 is 2.63 bits per heavy atom. The van der Waals surface area contributed by atoms with Gasteiger partial charge in [-0.3, -0.25) is 14.6 Å². The zero-order valence-electron chi connectivity index (χ0n) is 15.3. The molecule has 6 heteroatoms. The lowest BCUT2D eigenvalue weighted by atomic mass is 9.89. The molecule has 0 radical (unpaired) electrons. The Morgan fingerprint density at radius 2 is 1.93 bits per heavy atom. The van der Waals surface area contributed by atoms with E-state index in [0.717, 1.165) is 5.56 Å². The van der Waals surface area contributed by atoms with Crippen LogP contribution in [0.1, 0.15) is 34.6 Å². The van der Waals surface area contributed by atoms with Crippen molar-refractivity contribution in [2.45, 2.75) is 19.6 Å². The van der Waals surface area contributed by atoms with Gasteiger partial charge in [0.25, 0.3) is 5.91 Å². The Labute approximate surface area is 158 Å². The quantitative estimate of drug-likeness (QED) is 0.901. The fraction of sp³-hybridized carbons (Fsp3) is 0.381. The van der Waals surface area contributed by atoms with Crippen LogP contribution in [0.25, 0.3) is 0 Å². The van der Waals surface area contributed by atoms with E-state index in [4.69, 9.17) is 0 Å². The van der Waals surface area contributed by atoms with Crippen molar-refractivity contribution in [3.8, 4) is 0 Å². The highest BCUT2D eigenvalue weighted by Gasteiger charge is 2.49. The highest BCUT2D eigenvalue weighted by Crippen LogP contribution is 2.45. The summed E-state index contributed by atoms with van der Waals surface area (Å²) in [4.78, 5) is 33.0. The summed E-state index contributed by atoms with van der Waals surface area (Å²) in [5.41, 5.74) is 2.16. The summed E-state index contributed by atoms with van der Waals surface area (Å²) in [5, 5.41) is 9.29. The van der Waals surface area contributed by atoms with E-state index in [9.17, 15) is 14.7 Å². The standard InChI is InChI=1S/C21H23N3O3/c1-14(26)24-11-17-10-23(21(27)19-9-15(13-25)7-8-22-19)12-18(17)20(24)16-5-3-2-4-6-16/h2-9,17-18,20,25H,10-13H2,1H3/t17-,18-,20+/m1/s1. The van der Waals surface area contributed by atoms with Crippen molar-refractivity contribution >= 4 is 11.8 Å². The minimum Gasteiger partial charge on any atom is -0.392 e. The second-order valence-electron chi connectivity index (χ2n) is 7.37. The maximum absolute atomic E-state index is 12.9. The average molecular weight is 365 g/mol. The molecule has 1 N–H and O–H groups in total. The van der Waals surface area contributed by atoms with Gasteiger partial charge in [-0.05, 0) is 23.3 Å². The van der Waals surface area contributed by atoms with E-state index in [1.165, 1.54) is 0 Å². The van der Waals surface area contributed by atoms with Crippen LogP contribution in [0.4, 0.5) is 0 Å². The molecule has 0 spiro atoms. The van der Waals surface area contributed by atoms with Gasteiger partial charge in [0.1, 0.15) is 5.69 Å². The lowest BCUT2D eigenvalue weighted by Crippen LogP contribution is -2.36. The number of carbonyl (C=O) groups excluding carboxylic acids is 2. The molecular formula is C21H23N3O3. The number of aliphatic hydroxyl groups is 1. The van der Waals surface area contributed by atoms with Gasteiger partial charge in [-0.15, -0.1) is 0 Å². The molecule has 2 fully saturated rings. The van der Waals surface area contributed by atoms with Crippen LogP contribution in [0.2, 0.25) is 0 Å². The molecule has 4 rings (SSSR count). The lowest BCUT2D eigenvalue weighted by Gasteiger charge is -2.29. The molecule has 6 nitrogen and oxygen atoms in total. The smallest absolute Gasteiger partial charge is 0.272 e. The third-order valence-electron chi connectivity index (χ3n) is 5.72. The Bertz CT molecular complexity index is 855. The second kappa shape index (κ2) is 7.12. The van der Waals surface area contributed by atoms with Crippen LogP contribution in [0.15, 0.2) is 48.7 Å². The van der Waals surface area contributed by atoms with Gasteiger partial charge in [0.15, 0.2) is 0 Å². The van der Waals surface area contributed by atoms with Gasteiger partial charge in [-0.2, -0.15) is 0 Å². The van der Waals surface area contributed by atoms with Crippen molar-refractivity contribution < 1.29 is 14.7 Å². The predicted octanol–water partition coefficient (Wildman–Crippen LogP) is 1.87. The third-order valence-corrected chi connectivity index (χ3v) is 5.72. The fourth-order valence-electron chi connectivity index (χ4n) is 4.46. The number of likely N-dealkylation sites (tertiary alicyclic amines) is 2. The molecule has 0 saturated carbocycles. The number of aromatic nitrogens is 1. The van der Waals surface area contributed by atoms with Crippen LogP contribution in [0.5, 0.6) is 0 Å². The zero-order valence-corrected chi connectivity index (χ0v) is 15.3. The number of hydrogen-bond donors (Lipinski definition) is 1. The molecule has 0 aliphatic carbocycles.